The molecule has 9 heteroatoms. The summed E-state index contributed by atoms with van der Waals surface area (Å²) in [5, 5.41) is 3.92. The number of sulfonamides is 1. The first-order chi connectivity index (χ1) is 16.6. The molecule has 0 aliphatic carbocycles. The number of carbonyl (C=O) groups is 2. The number of amides is 1. The van der Waals surface area contributed by atoms with Gasteiger partial charge < -0.3 is 4.74 Å². The molecule has 0 bridgehead atoms. The molecule has 3 aromatic carbocycles. The summed E-state index contributed by atoms with van der Waals surface area (Å²) < 4.78 is 32.7. The zero-order valence-corrected chi connectivity index (χ0v) is 20.8. The maximum Gasteiger partial charge on any atom is 0.337 e. The highest BCUT2D eigenvalue weighted by Gasteiger charge is 2.27. The largest absolute Gasteiger partial charge is 0.465 e. The molecule has 0 unspecified atom stereocenters. The first kappa shape index (κ1) is 25.6. The van der Waals surface area contributed by atoms with Crippen LogP contribution in [0.15, 0.2) is 76.7 Å². The fourth-order valence-electron chi connectivity index (χ4n) is 3.41. The summed E-state index contributed by atoms with van der Waals surface area (Å²) in [7, 11) is -2.72. The van der Waals surface area contributed by atoms with Crippen molar-refractivity contribution in [1.82, 2.24) is 5.43 Å². The maximum absolute atomic E-state index is 13.5. The molecule has 0 fully saturated rings. The zero-order chi connectivity index (χ0) is 25.6. The molecule has 0 saturated carbocycles. The van der Waals surface area contributed by atoms with Crippen LogP contribution in [0.4, 0.5) is 5.69 Å². The van der Waals surface area contributed by atoms with Crippen molar-refractivity contribution >= 4 is 33.8 Å². The minimum atomic E-state index is -4.02. The number of benzene rings is 3. The standard InChI is InChI=1S/C26H27N3O5S/c1-18-5-11-24(12-6-18)35(32,33)29(23-14-19(2)13-20(3)15-23)17-25(30)28-27-16-21-7-9-22(10-8-21)26(31)34-4/h5-16H,17H2,1-4H3,(H,28,30)/b27-16-. The summed E-state index contributed by atoms with van der Waals surface area (Å²) >= 11 is 0. The van der Waals surface area contributed by atoms with Crippen LogP contribution in [-0.4, -0.2) is 40.2 Å². The molecule has 0 atom stereocenters. The van der Waals surface area contributed by atoms with Crippen LogP contribution in [0.2, 0.25) is 0 Å². The molecular formula is C26H27N3O5S. The third-order valence-electron chi connectivity index (χ3n) is 5.13. The van der Waals surface area contributed by atoms with Gasteiger partial charge >= 0.3 is 5.97 Å². The number of anilines is 1. The van der Waals surface area contributed by atoms with Gasteiger partial charge in [-0.2, -0.15) is 5.10 Å². The number of methoxy groups -OCH3 is 1. The first-order valence-corrected chi connectivity index (χ1v) is 12.2. The summed E-state index contributed by atoms with van der Waals surface area (Å²) in [6, 6.07) is 18.3. The second-order valence-electron chi connectivity index (χ2n) is 8.08. The van der Waals surface area contributed by atoms with E-state index in [0.29, 0.717) is 16.8 Å². The number of hydrogen-bond acceptors (Lipinski definition) is 6. The third kappa shape index (κ3) is 6.54. The minimum absolute atomic E-state index is 0.0873. The van der Waals surface area contributed by atoms with Crippen molar-refractivity contribution in [2.45, 2.75) is 25.7 Å². The Labute approximate surface area is 205 Å². The Hall–Kier alpha value is -3.98. The number of rotatable bonds is 8. The smallest absolute Gasteiger partial charge is 0.337 e. The first-order valence-electron chi connectivity index (χ1n) is 10.8. The van der Waals surface area contributed by atoms with Crippen LogP contribution in [0.25, 0.3) is 0 Å². The average molecular weight is 494 g/mol. The Morgan fingerprint density at radius 2 is 1.51 bits per heavy atom. The van der Waals surface area contributed by atoms with Crippen molar-refractivity contribution in [1.29, 1.82) is 0 Å². The average Bonchev–Trinajstić information content (AvgIpc) is 2.82. The molecular weight excluding hydrogens is 466 g/mol. The van der Waals surface area contributed by atoms with Gasteiger partial charge in [-0.1, -0.05) is 35.9 Å². The topological polar surface area (TPSA) is 105 Å². The van der Waals surface area contributed by atoms with E-state index in [1.54, 1.807) is 48.5 Å². The van der Waals surface area contributed by atoms with Crippen molar-refractivity contribution in [3.63, 3.8) is 0 Å². The molecule has 0 heterocycles. The lowest BCUT2D eigenvalue weighted by atomic mass is 10.1. The van der Waals surface area contributed by atoms with E-state index >= 15 is 0 Å². The predicted molar refractivity (Wildman–Crippen MR) is 135 cm³/mol. The van der Waals surface area contributed by atoms with Gasteiger partial charge in [0.1, 0.15) is 6.54 Å². The van der Waals surface area contributed by atoms with Gasteiger partial charge in [0.15, 0.2) is 0 Å². The maximum atomic E-state index is 13.5. The quantitative estimate of drug-likeness (QED) is 0.292. The van der Waals surface area contributed by atoms with E-state index in [-0.39, 0.29) is 4.90 Å². The van der Waals surface area contributed by atoms with E-state index in [1.807, 2.05) is 26.8 Å². The Bertz CT molecular complexity index is 1330. The van der Waals surface area contributed by atoms with Crippen LogP contribution in [-0.2, 0) is 19.6 Å². The molecule has 182 valence electrons. The van der Waals surface area contributed by atoms with Gasteiger partial charge in [0, 0.05) is 0 Å². The number of esters is 1. The molecule has 0 aliphatic rings. The second-order valence-corrected chi connectivity index (χ2v) is 9.94. The molecule has 3 aromatic rings. The van der Waals surface area contributed by atoms with Crippen molar-refractivity contribution in [3.8, 4) is 0 Å². The normalized spacial score (nSPS) is 11.3. The summed E-state index contributed by atoms with van der Waals surface area (Å²) in [6.07, 6.45) is 1.40. The number of hydrogen-bond donors (Lipinski definition) is 1. The molecule has 35 heavy (non-hydrogen) atoms. The van der Waals surface area contributed by atoms with E-state index < -0.39 is 28.4 Å². The monoisotopic (exact) mass is 493 g/mol. The lowest BCUT2D eigenvalue weighted by Crippen LogP contribution is -2.39. The van der Waals surface area contributed by atoms with Gasteiger partial charge in [-0.15, -0.1) is 0 Å². The molecule has 0 aliphatic heterocycles. The number of ether oxygens (including phenoxy) is 1. The van der Waals surface area contributed by atoms with E-state index in [0.717, 1.165) is 21.0 Å². The Kier molecular flexibility index (Phi) is 8.03. The lowest BCUT2D eigenvalue weighted by molar-refractivity contribution is -0.119. The predicted octanol–water partition coefficient (Wildman–Crippen LogP) is 3.74. The minimum Gasteiger partial charge on any atom is -0.465 e. The molecule has 1 amide bonds. The van der Waals surface area contributed by atoms with Crippen LogP contribution < -0.4 is 9.73 Å². The SMILES string of the molecule is COC(=O)c1ccc(/C=N\NC(=O)CN(c2cc(C)cc(C)c2)S(=O)(=O)c2ccc(C)cc2)cc1. The van der Waals surface area contributed by atoms with Gasteiger partial charge in [-0.05, 0) is 73.9 Å². The highest BCUT2D eigenvalue weighted by molar-refractivity contribution is 7.92. The highest BCUT2D eigenvalue weighted by atomic mass is 32.2. The molecule has 0 radical (unpaired) electrons. The van der Waals surface area contributed by atoms with Gasteiger partial charge in [0.25, 0.3) is 15.9 Å². The lowest BCUT2D eigenvalue weighted by Gasteiger charge is -2.24. The zero-order valence-electron chi connectivity index (χ0n) is 20.0. The summed E-state index contributed by atoms with van der Waals surface area (Å²) in [5.74, 6) is -1.06. The van der Waals surface area contributed by atoms with Gasteiger partial charge in [-0.3, -0.25) is 9.10 Å². The van der Waals surface area contributed by atoms with Crippen LogP contribution >= 0.6 is 0 Å². The third-order valence-corrected chi connectivity index (χ3v) is 6.91. The van der Waals surface area contributed by atoms with Crippen LogP contribution in [0.1, 0.15) is 32.6 Å². The van der Waals surface area contributed by atoms with Crippen LogP contribution in [0.5, 0.6) is 0 Å². The van der Waals surface area contributed by atoms with Crippen molar-refractivity contribution in [2.75, 3.05) is 18.0 Å². The fourth-order valence-corrected chi connectivity index (χ4v) is 4.82. The van der Waals surface area contributed by atoms with E-state index in [1.165, 1.54) is 25.5 Å². The molecule has 0 aromatic heterocycles. The summed E-state index contributed by atoms with van der Waals surface area (Å²) in [4.78, 5) is 24.3. The summed E-state index contributed by atoms with van der Waals surface area (Å²) in [6.45, 7) is 5.14. The van der Waals surface area contributed by atoms with Gasteiger partial charge in [0.2, 0.25) is 0 Å². The number of hydrazone groups is 1. The fraction of sp³-hybridized carbons (Fsp3) is 0.192. The van der Waals surface area contributed by atoms with Crippen LogP contribution in [0, 0.1) is 20.8 Å². The molecule has 0 spiro atoms. The number of nitrogens with zero attached hydrogens (tertiary/aromatic N) is 2. The Balaban J connectivity index is 1.82. The van der Waals surface area contributed by atoms with E-state index in [9.17, 15) is 18.0 Å². The van der Waals surface area contributed by atoms with E-state index in [2.05, 4.69) is 15.3 Å². The van der Waals surface area contributed by atoms with Gasteiger partial charge in [-0.25, -0.2) is 18.6 Å². The van der Waals surface area contributed by atoms with Crippen molar-refractivity contribution < 1.29 is 22.7 Å². The van der Waals surface area contributed by atoms with Gasteiger partial charge in [0.05, 0.1) is 29.5 Å². The Morgan fingerprint density at radius 3 is 2.09 bits per heavy atom. The van der Waals surface area contributed by atoms with Crippen molar-refractivity contribution in [3.05, 3.63) is 94.5 Å². The molecule has 1 N–H and O–H groups in total. The molecule has 3 rings (SSSR count). The van der Waals surface area contributed by atoms with E-state index in [4.69, 9.17) is 0 Å². The molecule has 0 saturated heterocycles. The van der Waals surface area contributed by atoms with Crippen molar-refractivity contribution in [2.24, 2.45) is 5.10 Å². The number of aryl methyl sites for hydroxylation is 3. The Morgan fingerprint density at radius 1 is 0.914 bits per heavy atom. The summed E-state index contributed by atoms with van der Waals surface area (Å²) in [5.41, 5.74) is 6.46. The number of nitrogens with one attached hydrogen (secondary N) is 1. The highest BCUT2D eigenvalue weighted by Crippen LogP contribution is 2.26. The molecule has 8 nitrogen and oxygen atoms in total. The van der Waals surface area contributed by atoms with Crippen LogP contribution in [0.3, 0.4) is 0 Å². The number of carbonyl (C=O) groups excluding carboxylic acids is 2. The second kappa shape index (κ2) is 11.0.